The molecule has 1 heterocycles. The first kappa shape index (κ1) is 26.4. The minimum absolute atomic E-state index is 0.217. The number of halogens is 5. The molecular weight excluding hydrogens is 487 g/mol. The van der Waals surface area contributed by atoms with Crippen LogP contribution in [-0.2, 0) is 12.8 Å². The maximum atomic E-state index is 15.0. The Morgan fingerprint density at radius 2 is 1.47 bits per heavy atom. The third kappa shape index (κ3) is 6.55. The molecule has 0 saturated carbocycles. The smallest absolute Gasteiger partial charge is 0.387 e. The lowest BCUT2D eigenvalue weighted by atomic mass is 9.91. The largest absolute Gasteiger partial charge is 0.429 e. The van der Waals surface area contributed by atoms with Crippen molar-refractivity contribution in [1.82, 2.24) is 0 Å². The Bertz CT molecular complexity index is 1130. The summed E-state index contributed by atoms with van der Waals surface area (Å²) in [5.41, 5.74) is 3.67. The molecule has 0 unspecified atom stereocenters. The van der Waals surface area contributed by atoms with Crippen LogP contribution in [0.5, 0.6) is 5.75 Å². The molecule has 1 aliphatic heterocycles. The Labute approximate surface area is 210 Å². The van der Waals surface area contributed by atoms with Gasteiger partial charge in [0.1, 0.15) is 5.82 Å². The maximum absolute atomic E-state index is 15.0. The van der Waals surface area contributed by atoms with Crippen LogP contribution in [0, 0.1) is 17.5 Å². The summed E-state index contributed by atoms with van der Waals surface area (Å²) in [6, 6.07) is 19.2. The van der Waals surface area contributed by atoms with Crippen LogP contribution in [-0.4, -0.2) is 15.4 Å². The Hall–Kier alpha value is -2.67. The van der Waals surface area contributed by atoms with Crippen LogP contribution in [0.4, 0.5) is 22.0 Å². The molecule has 36 heavy (non-hydrogen) atoms. The first-order chi connectivity index (χ1) is 17.3. The van der Waals surface area contributed by atoms with Gasteiger partial charge in [-0.1, -0.05) is 67.9 Å². The zero-order chi connectivity index (χ0) is 25.7. The summed E-state index contributed by atoms with van der Waals surface area (Å²) in [6.07, 6.45) is 4.45. The van der Waals surface area contributed by atoms with Gasteiger partial charge in [0, 0.05) is 14.4 Å². The van der Waals surface area contributed by atoms with Crippen LogP contribution in [0.1, 0.15) is 48.8 Å². The van der Waals surface area contributed by atoms with Gasteiger partial charge in [0.15, 0.2) is 17.4 Å². The summed E-state index contributed by atoms with van der Waals surface area (Å²) in [5.74, 6) is -3.14. The Morgan fingerprint density at radius 1 is 0.833 bits per heavy atom. The zero-order valence-corrected chi connectivity index (χ0v) is 21.5. The summed E-state index contributed by atoms with van der Waals surface area (Å²) in [6.45, 7) is -1.04. The molecule has 1 saturated heterocycles. The summed E-state index contributed by atoms with van der Waals surface area (Å²) in [4.78, 5) is 0. The van der Waals surface area contributed by atoms with E-state index in [-0.39, 0.29) is 5.82 Å². The number of aryl methyl sites for hydroxylation is 2. The van der Waals surface area contributed by atoms with E-state index in [1.54, 1.807) is 6.07 Å². The molecule has 0 N–H and O–H groups in total. The van der Waals surface area contributed by atoms with Crippen molar-refractivity contribution < 1.29 is 26.7 Å². The molecule has 4 rings (SSSR count). The lowest BCUT2D eigenvalue weighted by Gasteiger charge is -2.28. The molecular formula is C29H31F5OSi. The van der Waals surface area contributed by atoms with Gasteiger partial charge in [0.05, 0.1) is 0 Å². The van der Waals surface area contributed by atoms with Crippen molar-refractivity contribution in [1.29, 1.82) is 0 Å². The topological polar surface area (TPSA) is 9.23 Å². The minimum atomic E-state index is -3.30. The predicted molar refractivity (Wildman–Crippen MR) is 136 cm³/mol. The van der Waals surface area contributed by atoms with Gasteiger partial charge in [-0.3, -0.25) is 0 Å². The van der Waals surface area contributed by atoms with Crippen molar-refractivity contribution in [2.24, 2.45) is 0 Å². The van der Waals surface area contributed by atoms with Crippen molar-refractivity contribution >= 4 is 8.80 Å². The average molecular weight is 519 g/mol. The number of ether oxygens (including phenoxy) is 1. The van der Waals surface area contributed by atoms with E-state index in [0.29, 0.717) is 29.9 Å². The van der Waals surface area contributed by atoms with Crippen LogP contribution in [0.2, 0.25) is 18.1 Å². The predicted octanol–water partition coefficient (Wildman–Crippen LogP) is 8.67. The SMILES string of the molecule is CCC[Si@H]1CC[C@H](c2ccc(-c3ccc(CCc4cc(F)c(OC(F)F)c(F)c4)cc3)c(F)c2)CC1. The minimum Gasteiger partial charge on any atom is -0.429 e. The van der Waals surface area contributed by atoms with Crippen molar-refractivity contribution in [3.05, 3.63) is 88.7 Å². The van der Waals surface area contributed by atoms with Gasteiger partial charge in [-0.2, -0.15) is 8.78 Å². The number of hydrogen-bond donors (Lipinski definition) is 0. The Morgan fingerprint density at radius 3 is 2.06 bits per heavy atom. The fourth-order valence-corrected chi connectivity index (χ4v) is 8.74. The molecule has 1 fully saturated rings. The fraction of sp³-hybridized carbons (Fsp3) is 0.379. The Balaban J connectivity index is 1.38. The van der Waals surface area contributed by atoms with E-state index in [1.165, 1.54) is 37.4 Å². The summed E-state index contributed by atoms with van der Waals surface area (Å²) in [5, 5.41) is 0. The van der Waals surface area contributed by atoms with E-state index in [0.717, 1.165) is 28.8 Å². The molecule has 3 aromatic carbocycles. The van der Waals surface area contributed by atoms with Crippen LogP contribution in [0.15, 0.2) is 54.6 Å². The van der Waals surface area contributed by atoms with E-state index >= 15 is 4.39 Å². The molecule has 0 bridgehead atoms. The van der Waals surface area contributed by atoms with Gasteiger partial charge in [-0.05, 0) is 72.1 Å². The van der Waals surface area contributed by atoms with Crippen molar-refractivity contribution in [2.45, 2.75) is 69.7 Å². The summed E-state index contributed by atoms with van der Waals surface area (Å²) < 4.78 is 71.4. The van der Waals surface area contributed by atoms with E-state index in [2.05, 4.69) is 17.7 Å². The zero-order valence-electron chi connectivity index (χ0n) is 20.4. The van der Waals surface area contributed by atoms with Gasteiger partial charge in [0.25, 0.3) is 0 Å². The van der Waals surface area contributed by atoms with Crippen molar-refractivity contribution in [2.75, 3.05) is 0 Å². The number of hydrogen-bond acceptors (Lipinski definition) is 1. The monoisotopic (exact) mass is 518 g/mol. The molecule has 0 radical (unpaired) electrons. The van der Waals surface area contributed by atoms with Crippen molar-refractivity contribution in [3.63, 3.8) is 0 Å². The molecule has 1 aliphatic rings. The Kier molecular flexibility index (Phi) is 8.83. The lowest BCUT2D eigenvalue weighted by Crippen LogP contribution is -2.20. The highest BCUT2D eigenvalue weighted by Gasteiger charge is 2.23. The van der Waals surface area contributed by atoms with Crippen LogP contribution < -0.4 is 4.74 Å². The highest BCUT2D eigenvalue weighted by atomic mass is 28.3. The second-order valence-corrected chi connectivity index (χ2v) is 13.2. The van der Waals surface area contributed by atoms with Crippen LogP contribution in [0.25, 0.3) is 11.1 Å². The molecule has 0 aliphatic carbocycles. The van der Waals surface area contributed by atoms with Gasteiger partial charge in [-0.15, -0.1) is 0 Å². The first-order valence-corrected chi connectivity index (χ1v) is 15.1. The van der Waals surface area contributed by atoms with Gasteiger partial charge in [-0.25, -0.2) is 13.2 Å². The summed E-state index contributed by atoms with van der Waals surface area (Å²) in [7, 11) is -0.567. The average Bonchev–Trinajstić information content (AvgIpc) is 2.86. The van der Waals surface area contributed by atoms with Gasteiger partial charge >= 0.3 is 6.61 Å². The third-order valence-corrected chi connectivity index (χ3v) is 10.9. The number of alkyl halides is 2. The lowest BCUT2D eigenvalue weighted by molar-refractivity contribution is -0.0546. The highest BCUT2D eigenvalue weighted by Crippen LogP contribution is 2.36. The quantitative estimate of drug-likeness (QED) is 0.203. The van der Waals surface area contributed by atoms with Gasteiger partial charge in [0.2, 0.25) is 0 Å². The number of benzene rings is 3. The molecule has 192 valence electrons. The molecule has 1 nitrogen and oxygen atoms in total. The number of rotatable bonds is 9. The van der Waals surface area contributed by atoms with E-state index < -0.39 is 32.8 Å². The van der Waals surface area contributed by atoms with Crippen LogP contribution in [0.3, 0.4) is 0 Å². The third-order valence-electron chi connectivity index (χ3n) is 7.24. The molecule has 0 aromatic heterocycles. The van der Waals surface area contributed by atoms with Gasteiger partial charge < -0.3 is 4.74 Å². The summed E-state index contributed by atoms with van der Waals surface area (Å²) >= 11 is 0. The van der Waals surface area contributed by atoms with E-state index in [1.807, 2.05) is 30.3 Å². The highest BCUT2D eigenvalue weighted by molar-refractivity contribution is 6.59. The standard InChI is InChI=1S/C29H31F5OSi/c1-2-13-36-14-11-21(12-15-36)23-9-10-24(25(30)18-23)22-7-5-19(6-8-22)3-4-20-16-26(31)28(27(32)17-20)35-29(33)34/h5-10,16-18,21,29,36H,2-4,11-15H2,1H3/t21-,36-. The van der Waals surface area contributed by atoms with Crippen molar-refractivity contribution in [3.8, 4) is 16.9 Å². The molecule has 0 atom stereocenters. The maximum Gasteiger partial charge on any atom is 0.387 e. The normalized spacial score (nSPS) is 18.0. The molecule has 3 aromatic rings. The van der Waals surface area contributed by atoms with E-state index in [4.69, 9.17) is 0 Å². The van der Waals surface area contributed by atoms with E-state index in [9.17, 15) is 17.6 Å². The fourth-order valence-electron chi connectivity index (χ4n) is 5.31. The second kappa shape index (κ2) is 12.0. The molecule has 0 amide bonds. The van der Waals surface area contributed by atoms with Crippen LogP contribution >= 0.6 is 0 Å². The molecule has 7 heteroatoms. The second-order valence-electron chi connectivity index (χ2n) is 9.71. The first-order valence-electron chi connectivity index (χ1n) is 12.7. The molecule has 0 spiro atoms.